The van der Waals surface area contributed by atoms with Gasteiger partial charge in [0.25, 0.3) is 0 Å². The van der Waals surface area contributed by atoms with E-state index in [1.807, 2.05) is 25.3 Å². The largest absolute Gasteiger partial charge is 0.360 e. The van der Waals surface area contributed by atoms with Crippen LogP contribution >= 0.6 is 11.3 Å². The van der Waals surface area contributed by atoms with E-state index >= 15 is 0 Å². The minimum absolute atomic E-state index is 0.0288. The third-order valence-corrected chi connectivity index (χ3v) is 3.46. The van der Waals surface area contributed by atoms with Crippen molar-refractivity contribution in [2.45, 2.75) is 20.3 Å². The first kappa shape index (κ1) is 14.5. The van der Waals surface area contributed by atoms with E-state index in [1.165, 1.54) is 0 Å². The molecule has 0 aliphatic carbocycles. The quantitative estimate of drug-likeness (QED) is 0.728. The van der Waals surface area contributed by atoms with Crippen molar-refractivity contribution in [3.8, 4) is 0 Å². The third kappa shape index (κ3) is 3.57. The lowest BCUT2D eigenvalue weighted by atomic mass is 10.3. The maximum atomic E-state index is 11.6. The molecule has 0 unspecified atom stereocenters. The van der Waals surface area contributed by atoms with Gasteiger partial charge in [0.2, 0.25) is 11.9 Å². The zero-order valence-electron chi connectivity index (χ0n) is 11.7. The molecule has 0 aliphatic heterocycles. The van der Waals surface area contributed by atoms with Crippen molar-refractivity contribution < 1.29 is 4.79 Å². The van der Waals surface area contributed by atoms with E-state index in [9.17, 15) is 4.79 Å². The van der Waals surface area contributed by atoms with Crippen LogP contribution in [0.2, 0.25) is 0 Å². The van der Waals surface area contributed by atoms with Gasteiger partial charge in [0, 0.05) is 13.1 Å². The number of anilines is 2. The van der Waals surface area contributed by atoms with Gasteiger partial charge in [0.1, 0.15) is 10.6 Å². The van der Waals surface area contributed by atoms with Gasteiger partial charge in [0.05, 0.1) is 11.9 Å². The number of nitrogens with zero attached hydrogens (tertiary/aromatic N) is 2. The number of fused-ring (bicyclic) bond motifs is 1. The Kier molecular flexibility index (Phi) is 5.11. The van der Waals surface area contributed by atoms with Gasteiger partial charge >= 0.3 is 0 Å². The summed E-state index contributed by atoms with van der Waals surface area (Å²) < 4.78 is 0. The summed E-state index contributed by atoms with van der Waals surface area (Å²) in [5.74, 6) is 1.25. The van der Waals surface area contributed by atoms with E-state index < -0.39 is 0 Å². The molecule has 0 bridgehead atoms. The van der Waals surface area contributed by atoms with Crippen molar-refractivity contribution in [2.75, 3.05) is 30.3 Å². The molecule has 108 valence electrons. The summed E-state index contributed by atoms with van der Waals surface area (Å²) in [5, 5.41) is 11.9. The fourth-order valence-electron chi connectivity index (χ4n) is 1.72. The van der Waals surface area contributed by atoms with Crippen molar-refractivity contribution in [3.63, 3.8) is 0 Å². The molecule has 6 nitrogen and oxygen atoms in total. The molecule has 0 saturated heterocycles. The molecule has 2 aromatic heterocycles. The van der Waals surface area contributed by atoms with Crippen LogP contribution in [0.1, 0.15) is 20.3 Å². The highest BCUT2D eigenvalue weighted by molar-refractivity contribution is 7.16. The van der Waals surface area contributed by atoms with Crippen LogP contribution < -0.4 is 16.0 Å². The van der Waals surface area contributed by atoms with E-state index in [4.69, 9.17) is 0 Å². The molecule has 2 aromatic rings. The smallest absolute Gasteiger partial charge is 0.239 e. The Bertz CT molecular complexity index is 583. The van der Waals surface area contributed by atoms with Gasteiger partial charge in [-0.25, -0.2) is 4.98 Å². The molecular weight excluding hydrogens is 274 g/mol. The minimum Gasteiger partial charge on any atom is -0.360 e. The van der Waals surface area contributed by atoms with Crippen molar-refractivity contribution in [1.29, 1.82) is 0 Å². The van der Waals surface area contributed by atoms with E-state index in [2.05, 4.69) is 25.9 Å². The number of carbonyl (C=O) groups is 1. The first-order chi connectivity index (χ1) is 9.74. The molecule has 2 heterocycles. The van der Waals surface area contributed by atoms with E-state index in [-0.39, 0.29) is 12.5 Å². The average Bonchev–Trinajstić information content (AvgIpc) is 2.91. The Morgan fingerprint density at radius 2 is 2.15 bits per heavy atom. The Hall–Kier alpha value is -1.89. The summed E-state index contributed by atoms with van der Waals surface area (Å²) in [6, 6.07) is 1.96. The van der Waals surface area contributed by atoms with Crippen molar-refractivity contribution in [2.24, 2.45) is 0 Å². The molecule has 0 aliphatic rings. The predicted octanol–water partition coefficient (Wildman–Crippen LogP) is 2.06. The molecule has 0 aromatic carbocycles. The number of carbonyl (C=O) groups excluding carboxylic acids is 1. The summed E-state index contributed by atoms with van der Waals surface area (Å²) in [4.78, 5) is 21.4. The highest BCUT2D eigenvalue weighted by Gasteiger charge is 2.09. The van der Waals surface area contributed by atoms with E-state index in [0.29, 0.717) is 18.3 Å². The standard InChI is InChI=1S/C13H19N5OS/c1-3-6-15-10(19)8-16-11-9-5-7-20-12(9)18-13(17-11)14-4-2/h5,7H,3-4,6,8H2,1-2H3,(H,15,19)(H2,14,16,17,18). The molecule has 7 heteroatoms. The van der Waals surface area contributed by atoms with Crippen molar-refractivity contribution >= 4 is 39.2 Å². The molecule has 0 saturated carbocycles. The number of hydrogen-bond acceptors (Lipinski definition) is 6. The summed E-state index contributed by atoms with van der Waals surface area (Å²) >= 11 is 1.56. The number of amides is 1. The number of thiophene rings is 1. The first-order valence-corrected chi connectivity index (χ1v) is 7.62. The summed E-state index contributed by atoms with van der Waals surface area (Å²) in [6.45, 7) is 5.69. The van der Waals surface area contributed by atoms with E-state index in [0.717, 1.165) is 23.2 Å². The summed E-state index contributed by atoms with van der Waals surface area (Å²) in [6.07, 6.45) is 0.929. The number of rotatable bonds is 7. The molecule has 3 N–H and O–H groups in total. The second kappa shape index (κ2) is 7.04. The third-order valence-electron chi connectivity index (χ3n) is 2.65. The normalized spacial score (nSPS) is 10.5. The van der Waals surface area contributed by atoms with Crippen LogP contribution in [0, 0.1) is 0 Å². The lowest BCUT2D eigenvalue weighted by Crippen LogP contribution is -2.30. The van der Waals surface area contributed by atoms with Crippen LogP contribution in [0.3, 0.4) is 0 Å². The van der Waals surface area contributed by atoms with Crippen LogP contribution in [-0.2, 0) is 4.79 Å². The summed E-state index contributed by atoms with van der Waals surface area (Å²) in [5.41, 5.74) is 0. The Morgan fingerprint density at radius 1 is 1.30 bits per heavy atom. The van der Waals surface area contributed by atoms with Crippen molar-refractivity contribution in [3.05, 3.63) is 11.4 Å². The molecular formula is C13H19N5OS. The van der Waals surface area contributed by atoms with Gasteiger partial charge in [-0.3, -0.25) is 4.79 Å². The number of aromatic nitrogens is 2. The molecule has 1 amide bonds. The zero-order valence-corrected chi connectivity index (χ0v) is 12.5. The Balaban J connectivity index is 2.11. The molecule has 2 rings (SSSR count). The number of nitrogens with one attached hydrogen (secondary N) is 3. The van der Waals surface area contributed by atoms with Gasteiger partial charge in [-0.1, -0.05) is 6.92 Å². The van der Waals surface area contributed by atoms with Crippen LogP contribution in [0.4, 0.5) is 11.8 Å². The predicted molar refractivity (Wildman–Crippen MR) is 83.4 cm³/mol. The molecule has 0 spiro atoms. The Labute approximate surface area is 122 Å². The SMILES string of the molecule is CCCNC(=O)CNc1nc(NCC)nc2sccc12. The van der Waals surface area contributed by atoms with Gasteiger partial charge in [-0.15, -0.1) is 11.3 Å². The summed E-state index contributed by atoms with van der Waals surface area (Å²) in [7, 11) is 0. The highest BCUT2D eigenvalue weighted by Crippen LogP contribution is 2.26. The van der Waals surface area contributed by atoms with Crippen molar-refractivity contribution in [1.82, 2.24) is 15.3 Å². The van der Waals surface area contributed by atoms with Crippen LogP contribution in [0.15, 0.2) is 11.4 Å². The number of hydrogen-bond donors (Lipinski definition) is 3. The van der Waals surface area contributed by atoms with Gasteiger partial charge in [-0.05, 0) is 24.8 Å². The fourth-order valence-corrected chi connectivity index (χ4v) is 2.48. The molecule has 20 heavy (non-hydrogen) atoms. The Morgan fingerprint density at radius 3 is 2.90 bits per heavy atom. The topological polar surface area (TPSA) is 78.9 Å². The maximum absolute atomic E-state index is 11.6. The zero-order chi connectivity index (χ0) is 14.4. The second-order valence-electron chi connectivity index (χ2n) is 4.27. The second-order valence-corrected chi connectivity index (χ2v) is 5.16. The van der Waals surface area contributed by atoms with Crippen LogP contribution in [-0.4, -0.2) is 35.5 Å². The minimum atomic E-state index is -0.0288. The molecule has 0 atom stereocenters. The van der Waals surface area contributed by atoms with Gasteiger partial charge < -0.3 is 16.0 Å². The first-order valence-electron chi connectivity index (χ1n) is 6.74. The van der Waals surface area contributed by atoms with Gasteiger partial charge in [-0.2, -0.15) is 4.98 Å². The van der Waals surface area contributed by atoms with Crippen LogP contribution in [0.25, 0.3) is 10.2 Å². The molecule has 0 radical (unpaired) electrons. The van der Waals surface area contributed by atoms with E-state index in [1.54, 1.807) is 11.3 Å². The fraction of sp³-hybridized carbons (Fsp3) is 0.462. The maximum Gasteiger partial charge on any atom is 0.239 e. The van der Waals surface area contributed by atoms with Crippen LogP contribution in [0.5, 0.6) is 0 Å². The lowest BCUT2D eigenvalue weighted by molar-refractivity contribution is -0.119. The monoisotopic (exact) mass is 293 g/mol. The molecule has 0 fully saturated rings. The average molecular weight is 293 g/mol. The lowest BCUT2D eigenvalue weighted by Gasteiger charge is -2.09. The highest BCUT2D eigenvalue weighted by atomic mass is 32.1. The van der Waals surface area contributed by atoms with Gasteiger partial charge in [0.15, 0.2) is 0 Å².